The fourth-order valence-electron chi connectivity index (χ4n) is 7.49. The molecule has 0 saturated carbocycles. The molecule has 0 fully saturated rings. The minimum atomic E-state index is 0.694. The number of aromatic nitrogens is 4. The number of hydrogen-bond donors (Lipinski definition) is 0. The molecule has 0 unspecified atom stereocenters. The van der Waals surface area contributed by atoms with E-state index < -0.39 is 0 Å². The van der Waals surface area contributed by atoms with E-state index in [0.29, 0.717) is 5.82 Å². The molecule has 7 aromatic carbocycles. The topological polar surface area (TPSA) is 35.6 Å². The van der Waals surface area contributed by atoms with Gasteiger partial charge in [-0.05, 0) is 53.1 Å². The van der Waals surface area contributed by atoms with Gasteiger partial charge in [0, 0.05) is 39.0 Å². The highest BCUT2D eigenvalue weighted by Gasteiger charge is 2.18. The minimum absolute atomic E-state index is 0.694. The summed E-state index contributed by atoms with van der Waals surface area (Å²) >= 11 is 0. The van der Waals surface area contributed by atoms with E-state index in [2.05, 4.69) is 179 Å². The third-order valence-corrected chi connectivity index (χ3v) is 9.95. The molecule has 3 aromatic heterocycles. The molecule has 4 nitrogen and oxygen atoms in total. The average Bonchev–Trinajstić information content (AvgIpc) is 3.78. The van der Waals surface area contributed by atoms with Crippen molar-refractivity contribution < 1.29 is 0 Å². The summed E-state index contributed by atoms with van der Waals surface area (Å²) in [5.41, 5.74) is 12.1. The quantitative estimate of drug-likeness (QED) is 0.177. The molecule has 52 heavy (non-hydrogen) atoms. The third kappa shape index (κ3) is 5.09. The zero-order valence-electron chi connectivity index (χ0n) is 28.3. The van der Waals surface area contributed by atoms with Crippen molar-refractivity contribution in [2.24, 2.45) is 0 Å². The summed E-state index contributed by atoms with van der Waals surface area (Å²) in [5, 5.41) is 3.68. The van der Waals surface area contributed by atoms with Gasteiger partial charge in [-0.3, -0.25) is 4.57 Å². The minimum Gasteiger partial charge on any atom is -0.309 e. The molecule has 0 bridgehead atoms. The number of rotatable bonds is 6. The molecule has 10 aromatic rings. The lowest BCUT2D eigenvalue weighted by Gasteiger charge is -2.14. The van der Waals surface area contributed by atoms with Crippen molar-refractivity contribution in [2.45, 2.75) is 0 Å². The van der Waals surface area contributed by atoms with E-state index in [1.165, 1.54) is 27.4 Å². The molecular formula is C48H32N4. The maximum atomic E-state index is 5.20. The first-order valence-corrected chi connectivity index (χ1v) is 17.6. The number of para-hydroxylation sites is 3. The van der Waals surface area contributed by atoms with Gasteiger partial charge in [-0.15, -0.1) is 0 Å². The van der Waals surface area contributed by atoms with Crippen LogP contribution in [0.15, 0.2) is 194 Å². The number of nitrogens with zero attached hydrogens (tertiary/aromatic N) is 4. The van der Waals surface area contributed by atoms with Crippen LogP contribution in [-0.4, -0.2) is 19.1 Å². The lowest BCUT2D eigenvalue weighted by molar-refractivity contribution is 1.02. The second-order valence-electron chi connectivity index (χ2n) is 13.1. The molecular weight excluding hydrogens is 633 g/mol. The van der Waals surface area contributed by atoms with Crippen molar-refractivity contribution in [2.75, 3.05) is 0 Å². The van der Waals surface area contributed by atoms with E-state index in [-0.39, 0.29) is 0 Å². The van der Waals surface area contributed by atoms with E-state index in [0.717, 1.165) is 56.0 Å². The highest BCUT2D eigenvalue weighted by atomic mass is 15.1. The Kier molecular flexibility index (Phi) is 7.10. The van der Waals surface area contributed by atoms with Crippen LogP contribution < -0.4 is 0 Å². The molecule has 0 aliphatic heterocycles. The lowest BCUT2D eigenvalue weighted by Crippen LogP contribution is -2.04. The largest absolute Gasteiger partial charge is 0.309 e. The second kappa shape index (κ2) is 12.4. The first-order valence-electron chi connectivity index (χ1n) is 17.6. The average molecular weight is 665 g/mol. The molecule has 4 heteroatoms. The van der Waals surface area contributed by atoms with Crippen LogP contribution in [0.1, 0.15) is 0 Å². The Hall–Kier alpha value is -7.04. The van der Waals surface area contributed by atoms with Crippen LogP contribution >= 0.6 is 0 Å². The van der Waals surface area contributed by atoms with Crippen molar-refractivity contribution in [3.8, 4) is 56.5 Å². The second-order valence-corrected chi connectivity index (χ2v) is 13.1. The molecule has 0 spiro atoms. The van der Waals surface area contributed by atoms with Gasteiger partial charge in [0.15, 0.2) is 5.82 Å². The zero-order valence-corrected chi connectivity index (χ0v) is 28.3. The van der Waals surface area contributed by atoms with Gasteiger partial charge in [-0.1, -0.05) is 152 Å². The molecule has 0 amide bonds. The summed E-state index contributed by atoms with van der Waals surface area (Å²) in [5.74, 6) is 1.52. The van der Waals surface area contributed by atoms with Crippen molar-refractivity contribution in [1.82, 2.24) is 19.1 Å². The predicted molar refractivity (Wildman–Crippen MR) is 215 cm³/mol. The first-order chi connectivity index (χ1) is 25.8. The Morgan fingerprint density at radius 1 is 0.346 bits per heavy atom. The van der Waals surface area contributed by atoms with Gasteiger partial charge in [0.25, 0.3) is 0 Å². The van der Waals surface area contributed by atoms with Crippen molar-refractivity contribution in [1.29, 1.82) is 0 Å². The van der Waals surface area contributed by atoms with Gasteiger partial charge >= 0.3 is 0 Å². The molecule has 0 aliphatic carbocycles. The van der Waals surface area contributed by atoms with Crippen LogP contribution in [0.3, 0.4) is 0 Å². The highest BCUT2D eigenvalue weighted by molar-refractivity contribution is 6.09. The summed E-state index contributed by atoms with van der Waals surface area (Å²) in [7, 11) is 0. The van der Waals surface area contributed by atoms with Crippen molar-refractivity contribution in [3.05, 3.63) is 194 Å². The van der Waals surface area contributed by atoms with E-state index in [1.807, 2.05) is 24.3 Å². The monoisotopic (exact) mass is 664 g/mol. The van der Waals surface area contributed by atoms with Crippen molar-refractivity contribution in [3.63, 3.8) is 0 Å². The van der Waals surface area contributed by atoms with Gasteiger partial charge in [-0.25, -0.2) is 9.97 Å². The number of fused-ring (bicyclic) bond motifs is 4. The lowest BCUT2D eigenvalue weighted by atomic mass is 10.0. The van der Waals surface area contributed by atoms with E-state index in [1.54, 1.807) is 0 Å². The Bertz CT molecular complexity index is 2770. The third-order valence-electron chi connectivity index (χ3n) is 9.95. The maximum absolute atomic E-state index is 5.20. The maximum Gasteiger partial charge on any atom is 0.162 e. The molecule has 10 rings (SSSR count). The Morgan fingerprint density at radius 3 is 1.63 bits per heavy atom. The Balaban J connectivity index is 1.09. The summed E-state index contributed by atoms with van der Waals surface area (Å²) in [6.45, 7) is 0. The van der Waals surface area contributed by atoms with Gasteiger partial charge in [-0.2, -0.15) is 0 Å². The van der Waals surface area contributed by atoms with Crippen LogP contribution in [0, 0.1) is 0 Å². The van der Waals surface area contributed by atoms with Gasteiger partial charge in [0.1, 0.15) is 5.82 Å². The highest BCUT2D eigenvalue weighted by Crippen LogP contribution is 2.36. The number of hydrogen-bond acceptors (Lipinski definition) is 2. The Morgan fingerprint density at radius 2 is 0.923 bits per heavy atom. The standard InChI is InChI=1S/C48H32N4/c1-3-14-34(15-4-1)42-32-47(50-48(49-42)36-16-5-2-6-17-36)52-43-23-10-7-18-38(43)31-46(52)35-28-26-33(27-29-35)37-19-13-20-39(30-37)51-44-24-11-8-21-40(44)41-22-9-12-25-45(41)51/h1-32H. The van der Waals surface area contributed by atoms with Crippen LogP contribution in [0.5, 0.6) is 0 Å². The normalized spacial score (nSPS) is 11.5. The SMILES string of the molecule is c1ccc(-c2cc(-n3c(-c4ccc(-c5cccc(-n6c7ccccc7c7ccccc76)c5)cc4)cc4ccccc43)nc(-c3ccccc3)n2)cc1. The van der Waals surface area contributed by atoms with Crippen molar-refractivity contribution >= 4 is 32.7 Å². The van der Waals surface area contributed by atoms with E-state index in [9.17, 15) is 0 Å². The van der Waals surface area contributed by atoms with Crippen LogP contribution in [-0.2, 0) is 0 Å². The predicted octanol–water partition coefficient (Wildman–Crippen LogP) is 12.2. The van der Waals surface area contributed by atoms with Crippen LogP contribution in [0.2, 0.25) is 0 Å². The summed E-state index contributed by atoms with van der Waals surface area (Å²) < 4.78 is 4.64. The van der Waals surface area contributed by atoms with Crippen LogP contribution in [0.4, 0.5) is 0 Å². The van der Waals surface area contributed by atoms with E-state index in [4.69, 9.17) is 9.97 Å². The fourth-order valence-corrected chi connectivity index (χ4v) is 7.49. The fraction of sp³-hybridized carbons (Fsp3) is 0. The summed E-state index contributed by atoms with van der Waals surface area (Å²) in [4.78, 5) is 10.2. The molecule has 244 valence electrons. The van der Waals surface area contributed by atoms with Gasteiger partial charge < -0.3 is 4.57 Å². The van der Waals surface area contributed by atoms with E-state index >= 15 is 0 Å². The van der Waals surface area contributed by atoms with Crippen LogP contribution in [0.25, 0.3) is 89.2 Å². The molecule has 0 radical (unpaired) electrons. The smallest absolute Gasteiger partial charge is 0.162 e. The van der Waals surface area contributed by atoms with Gasteiger partial charge in [0.2, 0.25) is 0 Å². The Labute approximate surface area is 301 Å². The molecule has 0 atom stereocenters. The van der Waals surface area contributed by atoms with Gasteiger partial charge in [0.05, 0.1) is 27.9 Å². The number of benzene rings is 7. The molecule has 0 aliphatic rings. The first kappa shape index (κ1) is 29.8. The molecule has 0 N–H and O–H groups in total. The summed E-state index contributed by atoms with van der Waals surface area (Å²) in [6, 6.07) is 68.5. The molecule has 0 saturated heterocycles. The summed E-state index contributed by atoms with van der Waals surface area (Å²) in [6.07, 6.45) is 0. The zero-order chi connectivity index (χ0) is 34.4. The molecule has 3 heterocycles.